The molecule has 1 atom stereocenters. The van der Waals surface area contributed by atoms with E-state index in [9.17, 15) is 14.0 Å². The molecule has 1 aliphatic carbocycles. The van der Waals surface area contributed by atoms with Gasteiger partial charge < -0.3 is 15.5 Å². The Bertz CT molecular complexity index is 589. The fourth-order valence-corrected chi connectivity index (χ4v) is 3.10. The zero-order valence-electron chi connectivity index (χ0n) is 13.1. The summed E-state index contributed by atoms with van der Waals surface area (Å²) in [6, 6.07) is 6.11. The minimum Gasteiger partial charge on any atom is -0.354 e. The van der Waals surface area contributed by atoms with Gasteiger partial charge in [-0.25, -0.2) is 9.18 Å². The molecule has 1 aromatic carbocycles. The third-order valence-corrected chi connectivity index (χ3v) is 4.68. The van der Waals surface area contributed by atoms with Crippen LogP contribution < -0.4 is 10.6 Å². The molecule has 1 heterocycles. The Morgan fingerprint density at radius 3 is 2.87 bits per heavy atom. The minimum atomic E-state index is -0.286. The van der Waals surface area contributed by atoms with Crippen LogP contribution in [0.4, 0.5) is 9.18 Å². The van der Waals surface area contributed by atoms with Gasteiger partial charge in [0.25, 0.3) is 0 Å². The molecule has 1 saturated heterocycles. The number of rotatable bonds is 6. The molecule has 2 fully saturated rings. The summed E-state index contributed by atoms with van der Waals surface area (Å²) < 4.78 is 13.4. The van der Waals surface area contributed by atoms with E-state index in [0.717, 1.165) is 24.8 Å². The molecular formula is C17H22FN3O2. The SMILES string of the molecule is O=C(NC[C@@H](Cc1cccc(F)c1)N1CCNC1=O)C1CCC1. The molecule has 0 spiro atoms. The van der Waals surface area contributed by atoms with Gasteiger partial charge in [0, 0.05) is 25.6 Å². The third-order valence-electron chi connectivity index (χ3n) is 4.68. The van der Waals surface area contributed by atoms with Crippen molar-refractivity contribution in [3.8, 4) is 0 Å². The first-order valence-corrected chi connectivity index (χ1v) is 8.20. The molecule has 124 valence electrons. The van der Waals surface area contributed by atoms with E-state index < -0.39 is 0 Å². The van der Waals surface area contributed by atoms with Crippen LogP contribution in [0.5, 0.6) is 0 Å². The van der Waals surface area contributed by atoms with Gasteiger partial charge in [0.15, 0.2) is 0 Å². The number of halogens is 1. The summed E-state index contributed by atoms with van der Waals surface area (Å²) in [7, 11) is 0. The lowest BCUT2D eigenvalue weighted by atomic mass is 9.85. The third kappa shape index (κ3) is 3.81. The molecule has 0 bridgehead atoms. The lowest BCUT2D eigenvalue weighted by Gasteiger charge is -2.29. The Kier molecular flexibility index (Phi) is 4.79. The summed E-state index contributed by atoms with van der Waals surface area (Å²) in [5, 5.41) is 5.74. The minimum absolute atomic E-state index is 0.0695. The highest BCUT2D eigenvalue weighted by Crippen LogP contribution is 2.26. The molecule has 2 aliphatic rings. The van der Waals surface area contributed by atoms with Gasteiger partial charge in [-0.15, -0.1) is 0 Å². The highest BCUT2D eigenvalue weighted by Gasteiger charge is 2.30. The van der Waals surface area contributed by atoms with E-state index in [4.69, 9.17) is 0 Å². The number of hydrogen-bond acceptors (Lipinski definition) is 2. The summed E-state index contributed by atoms with van der Waals surface area (Å²) in [6.07, 6.45) is 3.53. The second-order valence-electron chi connectivity index (χ2n) is 6.29. The van der Waals surface area contributed by atoms with E-state index in [0.29, 0.717) is 26.1 Å². The standard InChI is InChI=1S/C17H22FN3O2/c18-14-6-1-3-12(9-14)10-15(21-8-7-19-17(21)23)11-20-16(22)13-4-2-5-13/h1,3,6,9,13,15H,2,4-5,7-8,10-11H2,(H,19,23)(H,20,22)/t15-/m1/s1. The van der Waals surface area contributed by atoms with E-state index >= 15 is 0 Å². The maximum atomic E-state index is 13.4. The van der Waals surface area contributed by atoms with Crippen molar-refractivity contribution in [3.63, 3.8) is 0 Å². The van der Waals surface area contributed by atoms with E-state index in [2.05, 4.69) is 10.6 Å². The zero-order valence-corrected chi connectivity index (χ0v) is 13.1. The summed E-state index contributed by atoms with van der Waals surface area (Å²) in [6.45, 7) is 1.62. The number of benzene rings is 1. The number of nitrogens with one attached hydrogen (secondary N) is 2. The van der Waals surface area contributed by atoms with Crippen molar-refractivity contribution in [3.05, 3.63) is 35.6 Å². The largest absolute Gasteiger partial charge is 0.354 e. The second kappa shape index (κ2) is 6.98. The number of amides is 3. The molecule has 5 nitrogen and oxygen atoms in total. The maximum absolute atomic E-state index is 13.4. The molecule has 3 rings (SSSR count). The molecule has 23 heavy (non-hydrogen) atoms. The van der Waals surface area contributed by atoms with E-state index in [1.165, 1.54) is 12.1 Å². The predicted molar refractivity (Wildman–Crippen MR) is 84.3 cm³/mol. The van der Waals surface area contributed by atoms with Gasteiger partial charge in [0.1, 0.15) is 5.82 Å². The Morgan fingerprint density at radius 2 is 2.26 bits per heavy atom. The normalized spacial score (nSPS) is 19.2. The van der Waals surface area contributed by atoms with E-state index in [1.807, 2.05) is 6.07 Å². The van der Waals surface area contributed by atoms with Crippen molar-refractivity contribution in [2.24, 2.45) is 5.92 Å². The smallest absolute Gasteiger partial charge is 0.317 e. The van der Waals surface area contributed by atoms with Crippen LogP contribution in [0.2, 0.25) is 0 Å². The Labute approximate surface area is 135 Å². The Hall–Kier alpha value is -2.11. The van der Waals surface area contributed by atoms with Crippen LogP contribution in [0.3, 0.4) is 0 Å². The van der Waals surface area contributed by atoms with Crippen LogP contribution in [0.25, 0.3) is 0 Å². The first kappa shape index (κ1) is 15.8. The van der Waals surface area contributed by atoms with Gasteiger partial charge >= 0.3 is 6.03 Å². The number of nitrogens with zero attached hydrogens (tertiary/aromatic N) is 1. The molecule has 1 aliphatic heterocycles. The second-order valence-corrected chi connectivity index (χ2v) is 6.29. The molecule has 1 saturated carbocycles. The number of hydrogen-bond donors (Lipinski definition) is 2. The monoisotopic (exact) mass is 319 g/mol. The molecule has 0 aromatic heterocycles. The average Bonchev–Trinajstić information content (AvgIpc) is 2.88. The van der Waals surface area contributed by atoms with Crippen molar-refractivity contribution >= 4 is 11.9 Å². The summed E-state index contributed by atoms with van der Waals surface area (Å²) in [5.74, 6) is -0.0945. The summed E-state index contributed by atoms with van der Waals surface area (Å²) >= 11 is 0. The quantitative estimate of drug-likeness (QED) is 0.838. The van der Waals surface area contributed by atoms with Crippen LogP contribution in [0.15, 0.2) is 24.3 Å². The van der Waals surface area contributed by atoms with Gasteiger partial charge in [-0.05, 0) is 37.0 Å². The molecule has 1 aromatic rings. The van der Waals surface area contributed by atoms with Crippen LogP contribution >= 0.6 is 0 Å². The number of urea groups is 1. The molecule has 3 amide bonds. The van der Waals surface area contributed by atoms with Crippen molar-refractivity contribution in [2.45, 2.75) is 31.7 Å². The van der Waals surface area contributed by atoms with Crippen LogP contribution in [0.1, 0.15) is 24.8 Å². The Morgan fingerprint density at radius 1 is 1.43 bits per heavy atom. The fourth-order valence-electron chi connectivity index (χ4n) is 3.10. The van der Waals surface area contributed by atoms with Crippen molar-refractivity contribution in [1.82, 2.24) is 15.5 Å². The lowest BCUT2D eigenvalue weighted by molar-refractivity contribution is -0.127. The first-order valence-electron chi connectivity index (χ1n) is 8.20. The summed E-state index contributed by atoms with van der Waals surface area (Å²) in [4.78, 5) is 25.7. The van der Waals surface area contributed by atoms with Crippen LogP contribution in [0, 0.1) is 11.7 Å². The van der Waals surface area contributed by atoms with Crippen LogP contribution in [-0.2, 0) is 11.2 Å². The Balaban J connectivity index is 1.65. The molecule has 0 unspecified atom stereocenters. The van der Waals surface area contributed by atoms with Gasteiger partial charge in [0.05, 0.1) is 6.04 Å². The lowest BCUT2D eigenvalue weighted by Crippen LogP contribution is -2.48. The summed E-state index contributed by atoms with van der Waals surface area (Å²) in [5.41, 5.74) is 0.826. The molecular weight excluding hydrogens is 297 g/mol. The van der Waals surface area contributed by atoms with E-state index in [1.54, 1.807) is 11.0 Å². The topological polar surface area (TPSA) is 61.4 Å². The first-order chi connectivity index (χ1) is 11.1. The van der Waals surface area contributed by atoms with Gasteiger partial charge in [-0.3, -0.25) is 4.79 Å². The fraction of sp³-hybridized carbons (Fsp3) is 0.529. The van der Waals surface area contributed by atoms with Gasteiger partial charge in [-0.2, -0.15) is 0 Å². The maximum Gasteiger partial charge on any atom is 0.317 e. The molecule has 2 N–H and O–H groups in total. The molecule has 0 radical (unpaired) electrons. The number of carbonyl (C=O) groups excluding carboxylic acids is 2. The van der Waals surface area contributed by atoms with Crippen molar-refractivity contribution in [1.29, 1.82) is 0 Å². The predicted octanol–water partition coefficient (Wildman–Crippen LogP) is 1.68. The average molecular weight is 319 g/mol. The van der Waals surface area contributed by atoms with Crippen LogP contribution in [-0.4, -0.2) is 42.5 Å². The van der Waals surface area contributed by atoms with Crippen molar-refractivity contribution < 1.29 is 14.0 Å². The van der Waals surface area contributed by atoms with Gasteiger partial charge in [-0.1, -0.05) is 18.6 Å². The number of carbonyl (C=O) groups is 2. The molecule has 6 heteroatoms. The zero-order chi connectivity index (χ0) is 16.2. The highest BCUT2D eigenvalue weighted by molar-refractivity contribution is 5.80. The van der Waals surface area contributed by atoms with Crippen molar-refractivity contribution in [2.75, 3.05) is 19.6 Å². The highest BCUT2D eigenvalue weighted by atomic mass is 19.1. The van der Waals surface area contributed by atoms with E-state index in [-0.39, 0.29) is 29.7 Å². The van der Waals surface area contributed by atoms with Gasteiger partial charge in [0.2, 0.25) is 5.91 Å².